The van der Waals surface area contributed by atoms with Crippen LogP contribution in [0.25, 0.3) is 21.8 Å². The number of benzene rings is 2. The number of halogens is 1. The molecule has 2 N–H and O–H groups in total. The summed E-state index contributed by atoms with van der Waals surface area (Å²) in [5.41, 5.74) is 1.76. The number of para-hydroxylation sites is 1. The van der Waals surface area contributed by atoms with E-state index in [0.717, 1.165) is 21.9 Å². The molecule has 7 heteroatoms. The van der Waals surface area contributed by atoms with Crippen molar-refractivity contribution in [3.8, 4) is 0 Å². The van der Waals surface area contributed by atoms with Crippen molar-refractivity contribution in [2.24, 2.45) is 0 Å². The number of hydrogen-bond acceptors (Lipinski definition) is 3. The zero-order chi connectivity index (χ0) is 19.0. The van der Waals surface area contributed by atoms with Crippen LogP contribution in [0.3, 0.4) is 0 Å². The summed E-state index contributed by atoms with van der Waals surface area (Å²) in [6.45, 7) is 2.09. The molecule has 0 unspecified atom stereocenters. The van der Waals surface area contributed by atoms with Gasteiger partial charge in [-0.3, -0.25) is 9.59 Å². The molecule has 27 heavy (non-hydrogen) atoms. The summed E-state index contributed by atoms with van der Waals surface area (Å²) in [6, 6.07) is 14.4. The molecule has 0 fully saturated rings. The standard InChI is InChI=1S/C20H17ClN4O2/c1-12(19(26)22-10-13-6-2-4-8-16(13)21)25-17-9-5-3-7-14(17)15-11-23-24-20(27)18(15)25/h2-9,11-12H,10H2,1H3,(H,22,26)(H,24,27)/t12-/m1/s1. The quantitative estimate of drug-likeness (QED) is 0.569. The molecule has 1 amide bonds. The Balaban J connectivity index is 1.73. The molecule has 0 spiro atoms. The summed E-state index contributed by atoms with van der Waals surface area (Å²) in [5.74, 6) is -0.200. The van der Waals surface area contributed by atoms with Gasteiger partial charge in [-0.05, 0) is 24.6 Å². The van der Waals surface area contributed by atoms with Gasteiger partial charge >= 0.3 is 0 Å². The number of nitrogens with one attached hydrogen (secondary N) is 2. The van der Waals surface area contributed by atoms with Gasteiger partial charge < -0.3 is 9.88 Å². The lowest BCUT2D eigenvalue weighted by Gasteiger charge is -2.16. The number of carbonyl (C=O) groups is 1. The van der Waals surface area contributed by atoms with Crippen molar-refractivity contribution in [3.63, 3.8) is 0 Å². The molecule has 1 atom stereocenters. The Hall–Kier alpha value is -3.12. The smallest absolute Gasteiger partial charge is 0.288 e. The molecular formula is C20H17ClN4O2. The SMILES string of the molecule is C[C@H](C(=O)NCc1ccccc1Cl)n1c2ccccc2c2cn[nH]c(=O)c21. The van der Waals surface area contributed by atoms with Gasteiger partial charge in [0, 0.05) is 22.3 Å². The highest BCUT2D eigenvalue weighted by atomic mass is 35.5. The number of rotatable bonds is 4. The maximum atomic E-state index is 12.8. The summed E-state index contributed by atoms with van der Waals surface area (Å²) in [6.07, 6.45) is 1.62. The normalized spacial score (nSPS) is 12.4. The highest BCUT2D eigenvalue weighted by Gasteiger charge is 2.22. The Morgan fingerprint density at radius 2 is 1.93 bits per heavy atom. The first-order chi connectivity index (χ1) is 13.1. The third kappa shape index (κ3) is 2.98. The predicted octanol–water partition coefficient (Wildman–Crippen LogP) is 3.41. The minimum absolute atomic E-state index is 0.200. The van der Waals surface area contributed by atoms with Crippen LogP contribution in [-0.4, -0.2) is 20.7 Å². The van der Waals surface area contributed by atoms with Crippen molar-refractivity contribution in [2.75, 3.05) is 0 Å². The fraction of sp³-hybridized carbons (Fsp3) is 0.150. The predicted molar refractivity (Wildman–Crippen MR) is 106 cm³/mol. The third-order valence-electron chi connectivity index (χ3n) is 4.70. The summed E-state index contributed by atoms with van der Waals surface area (Å²) >= 11 is 6.15. The average Bonchev–Trinajstić information content (AvgIpc) is 3.02. The van der Waals surface area contributed by atoms with Crippen LogP contribution in [-0.2, 0) is 11.3 Å². The van der Waals surface area contributed by atoms with Crippen molar-refractivity contribution in [1.82, 2.24) is 20.1 Å². The van der Waals surface area contributed by atoms with Crippen LogP contribution in [0.1, 0.15) is 18.5 Å². The Morgan fingerprint density at radius 1 is 1.19 bits per heavy atom. The summed E-state index contributed by atoms with van der Waals surface area (Å²) in [7, 11) is 0. The number of fused-ring (bicyclic) bond motifs is 3. The Kier molecular flexibility index (Phi) is 4.41. The molecule has 0 bridgehead atoms. The number of hydrogen-bond donors (Lipinski definition) is 2. The molecule has 2 aromatic carbocycles. The third-order valence-corrected chi connectivity index (χ3v) is 5.07. The van der Waals surface area contributed by atoms with E-state index in [4.69, 9.17) is 11.6 Å². The second-order valence-corrected chi connectivity index (χ2v) is 6.74. The van der Waals surface area contributed by atoms with Gasteiger partial charge in [0.05, 0.1) is 11.7 Å². The van der Waals surface area contributed by atoms with Crippen molar-refractivity contribution in [2.45, 2.75) is 19.5 Å². The van der Waals surface area contributed by atoms with Crippen molar-refractivity contribution in [1.29, 1.82) is 0 Å². The number of amides is 1. The molecule has 136 valence electrons. The highest BCUT2D eigenvalue weighted by Crippen LogP contribution is 2.29. The fourth-order valence-electron chi connectivity index (χ4n) is 3.35. The fourth-order valence-corrected chi connectivity index (χ4v) is 3.55. The van der Waals surface area contributed by atoms with Gasteiger partial charge in [-0.15, -0.1) is 0 Å². The first-order valence-electron chi connectivity index (χ1n) is 8.55. The number of H-pyrrole nitrogens is 1. The highest BCUT2D eigenvalue weighted by molar-refractivity contribution is 6.31. The van der Waals surface area contributed by atoms with E-state index in [1.807, 2.05) is 42.5 Å². The van der Waals surface area contributed by atoms with Gasteiger partial charge in [0.25, 0.3) is 5.56 Å². The van der Waals surface area contributed by atoms with E-state index in [9.17, 15) is 9.59 Å². The lowest BCUT2D eigenvalue weighted by Crippen LogP contribution is -2.31. The van der Waals surface area contributed by atoms with Crippen LogP contribution in [0.4, 0.5) is 0 Å². The number of aromatic amines is 1. The molecular weight excluding hydrogens is 364 g/mol. The molecule has 0 saturated heterocycles. The minimum Gasteiger partial charge on any atom is -0.350 e. The molecule has 4 rings (SSSR count). The van der Waals surface area contributed by atoms with E-state index in [-0.39, 0.29) is 11.5 Å². The van der Waals surface area contributed by atoms with Gasteiger partial charge in [0.1, 0.15) is 11.6 Å². The van der Waals surface area contributed by atoms with E-state index in [2.05, 4.69) is 15.5 Å². The van der Waals surface area contributed by atoms with Crippen LogP contribution < -0.4 is 10.9 Å². The molecule has 2 aromatic heterocycles. The van der Waals surface area contributed by atoms with Gasteiger partial charge in [0.2, 0.25) is 5.91 Å². The first-order valence-corrected chi connectivity index (χ1v) is 8.93. The Bertz CT molecular complexity index is 1210. The zero-order valence-electron chi connectivity index (χ0n) is 14.6. The molecule has 4 aromatic rings. The van der Waals surface area contributed by atoms with Gasteiger partial charge in [-0.25, -0.2) is 5.10 Å². The summed E-state index contributed by atoms with van der Waals surface area (Å²) in [4.78, 5) is 25.3. The van der Waals surface area contributed by atoms with Crippen LogP contribution >= 0.6 is 11.6 Å². The molecule has 6 nitrogen and oxygen atoms in total. The minimum atomic E-state index is -0.585. The van der Waals surface area contributed by atoms with E-state index in [0.29, 0.717) is 17.1 Å². The first kappa shape index (κ1) is 17.3. The van der Waals surface area contributed by atoms with E-state index in [1.54, 1.807) is 23.8 Å². The molecule has 0 radical (unpaired) electrons. The number of nitrogens with zero attached hydrogens (tertiary/aromatic N) is 2. The number of carbonyl (C=O) groups excluding carboxylic acids is 1. The largest absolute Gasteiger partial charge is 0.350 e. The maximum Gasteiger partial charge on any atom is 0.288 e. The van der Waals surface area contributed by atoms with Gasteiger partial charge in [0.15, 0.2) is 0 Å². The van der Waals surface area contributed by atoms with E-state index in [1.165, 1.54) is 0 Å². The lowest BCUT2D eigenvalue weighted by atomic mass is 10.2. The number of aromatic nitrogens is 3. The molecule has 0 aliphatic carbocycles. The van der Waals surface area contributed by atoms with Crippen molar-refractivity contribution < 1.29 is 4.79 Å². The van der Waals surface area contributed by atoms with Crippen LogP contribution in [0.15, 0.2) is 59.5 Å². The van der Waals surface area contributed by atoms with Crippen LogP contribution in [0.2, 0.25) is 5.02 Å². The van der Waals surface area contributed by atoms with Gasteiger partial charge in [-0.2, -0.15) is 5.10 Å². The Labute approximate surface area is 159 Å². The second-order valence-electron chi connectivity index (χ2n) is 6.33. The summed E-state index contributed by atoms with van der Waals surface area (Å²) < 4.78 is 1.76. The molecule has 0 saturated carbocycles. The van der Waals surface area contributed by atoms with Crippen LogP contribution in [0, 0.1) is 0 Å². The van der Waals surface area contributed by atoms with E-state index >= 15 is 0 Å². The zero-order valence-corrected chi connectivity index (χ0v) is 15.3. The van der Waals surface area contributed by atoms with Crippen molar-refractivity contribution in [3.05, 3.63) is 75.7 Å². The monoisotopic (exact) mass is 380 g/mol. The van der Waals surface area contributed by atoms with Crippen LogP contribution in [0.5, 0.6) is 0 Å². The second kappa shape index (κ2) is 6.89. The topological polar surface area (TPSA) is 79.8 Å². The van der Waals surface area contributed by atoms with Gasteiger partial charge in [-0.1, -0.05) is 48.0 Å². The van der Waals surface area contributed by atoms with Crippen molar-refractivity contribution >= 4 is 39.3 Å². The molecule has 0 aliphatic heterocycles. The maximum absolute atomic E-state index is 12.8. The lowest BCUT2D eigenvalue weighted by molar-refractivity contribution is -0.123. The molecule has 0 aliphatic rings. The summed E-state index contributed by atoms with van der Waals surface area (Å²) in [5, 5.41) is 11.5. The molecule has 2 heterocycles. The average molecular weight is 381 g/mol. The Morgan fingerprint density at radius 3 is 2.74 bits per heavy atom. The van der Waals surface area contributed by atoms with E-state index < -0.39 is 6.04 Å².